The van der Waals surface area contributed by atoms with Gasteiger partial charge in [0, 0.05) is 13.6 Å². The van der Waals surface area contributed by atoms with E-state index in [-0.39, 0.29) is 25.0 Å². The van der Waals surface area contributed by atoms with Crippen LogP contribution in [0.15, 0.2) is 18.2 Å². The van der Waals surface area contributed by atoms with Crippen LogP contribution in [0.5, 0.6) is 5.75 Å². The zero-order chi connectivity index (χ0) is 16.2. The highest BCUT2D eigenvalue weighted by Gasteiger charge is 2.28. The van der Waals surface area contributed by atoms with Crippen molar-refractivity contribution in [2.45, 2.75) is 25.4 Å². The number of ether oxygens (including phenoxy) is 2. The molecule has 23 heavy (non-hydrogen) atoms. The number of hydrogen-bond donors (Lipinski definition) is 1. The van der Waals surface area contributed by atoms with Crippen molar-refractivity contribution in [1.29, 1.82) is 0 Å². The number of likely N-dealkylation sites (N-methyl/N-ethyl adjacent to an activating group) is 1. The van der Waals surface area contributed by atoms with Gasteiger partial charge in [0.05, 0.1) is 13.2 Å². The Kier molecular flexibility index (Phi) is 4.81. The summed E-state index contributed by atoms with van der Waals surface area (Å²) in [5.41, 5.74) is 2.70. The first-order chi connectivity index (χ1) is 11.2. The minimum atomic E-state index is -0.599. The van der Waals surface area contributed by atoms with Gasteiger partial charge in [-0.1, -0.05) is 6.07 Å². The second-order valence-corrected chi connectivity index (χ2v) is 5.89. The molecule has 2 aliphatic rings. The van der Waals surface area contributed by atoms with Gasteiger partial charge in [0.25, 0.3) is 11.8 Å². The van der Waals surface area contributed by atoms with E-state index in [2.05, 4.69) is 11.4 Å². The van der Waals surface area contributed by atoms with E-state index in [0.717, 1.165) is 18.6 Å². The van der Waals surface area contributed by atoms with Crippen molar-refractivity contribution in [2.75, 3.05) is 33.4 Å². The molecule has 0 saturated carbocycles. The van der Waals surface area contributed by atoms with Crippen LogP contribution in [0.25, 0.3) is 0 Å². The first kappa shape index (κ1) is 15.8. The molecule has 1 aromatic rings. The Balaban J connectivity index is 1.53. The molecule has 1 N–H and O–H groups in total. The van der Waals surface area contributed by atoms with E-state index >= 15 is 0 Å². The fraction of sp³-hybridized carbons (Fsp3) is 0.529. The van der Waals surface area contributed by atoms with Gasteiger partial charge >= 0.3 is 0 Å². The van der Waals surface area contributed by atoms with Crippen LogP contribution in [-0.4, -0.2) is 56.2 Å². The van der Waals surface area contributed by atoms with Crippen LogP contribution in [0.2, 0.25) is 0 Å². The van der Waals surface area contributed by atoms with Gasteiger partial charge in [0.1, 0.15) is 5.75 Å². The van der Waals surface area contributed by atoms with E-state index in [1.807, 2.05) is 12.1 Å². The molecule has 3 rings (SSSR count). The summed E-state index contributed by atoms with van der Waals surface area (Å²) in [6.45, 7) is 1.11. The number of nitrogens with one attached hydrogen (secondary N) is 1. The van der Waals surface area contributed by atoms with Gasteiger partial charge in [0.15, 0.2) is 12.7 Å². The Hall–Kier alpha value is -2.08. The van der Waals surface area contributed by atoms with E-state index in [4.69, 9.17) is 9.47 Å². The number of carbonyl (C=O) groups is 2. The number of rotatable bonds is 4. The predicted octanol–water partition coefficient (Wildman–Crippen LogP) is 0.528. The highest BCUT2D eigenvalue weighted by molar-refractivity contribution is 5.83. The van der Waals surface area contributed by atoms with E-state index in [1.54, 1.807) is 11.9 Å². The van der Waals surface area contributed by atoms with Crippen molar-refractivity contribution < 1.29 is 19.1 Å². The van der Waals surface area contributed by atoms with E-state index in [1.165, 1.54) is 17.5 Å². The number of nitrogens with zero attached hydrogens (tertiary/aromatic N) is 1. The molecule has 1 fully saturated rings. The molecule has 0 spiro atoms. The van der Waals surface area contributed by atoms with Gasteiger partial charge in [-0.15, -0.1) is 0 Å². The third kappa shape index (κ3) is 3.64. The summed E-state index contributed by atoms with van der Waals surface area (Å²) in [6, 6.07) is 6.03. The largest absolute Gasteiger partial charge is 0.484 e. The first-order valence-electron chi connectivity index (χ1n) is 8.03. The second-order valence-electron chi connectivity index (χ2n) is 5.89. The summed E-state index contributed by atoms with van der Waals surface area (Å²) >= 11 is 0. The summed E-state index contributed by atoms with van der Waals surface area (Å²) in [7, 11) is 1.56. The number of fused-ring (bicyclic) bond motifs is 1. The van der Waals surface area contributed by atoms with Crippen LogP contribution in [0.1, 0.15) is 17.5 Å². The summed E-state index contributed by atoms with van der Waals surface area (Å²) < 4.78 is 11.0. The smallest absolute Gasteiger partial charge is 0.260 e. The predicted molar refractivity (Wildman–Crippen MR) is 84.3 cm³/mol. The molecule has 2 amide bonds. The zero-order valence-electron chi connectivity index (χ0n) is 13.3. The monoisotopic (exact) mass is 318 g/mol. The Labute approximate surface area is 135 Å². The third-order valence-corrected chi connectivity index (χ3v) is 4.39. The SMILES string of the molecule is CNC(=O)C1CN(C(=O)COc2ccc3c(c2)CCC3)CCO1. The minimum Gasteiger partial charge on any atom is -0.484 e. The Morgan fingerprint density at radius 2 is 2.17 bits per heavy atom. The number of hydrogen-bond acceptors (Lipinski definition) is 4. The molecule has 1 aliphatic heterocycles. The van der Waals surface area contributed by atoms with Gasteiger partial charge in [-0.25, -0.2) is 0 Å². The maximum Gasteiger partial charge on any atom is 0.260 e. The minimum absolute atomic E-state index is 0.0146. The van der Waals surface area contributed by atoms with Gasteiger partial charge in [-0.3, -0.25) is 9.59 Å². The van der Waals surface area contributed by atoms with Crippen molar-refractivity contribution in [3.05, 3.63) is 29.3 Å². The highest BCUT2D eigenvalue weighted by Crippen LogP contribution is 2.26. The molecule has 0 bridgehead atoms. The lowest BCUT2D eigenvalue weighted by molar-refractivity contribution is -0.148. The maximum atomic E-state index is 12.3. The lowest BCUT2D eigenvalue weighted by atomic mass is 10.1. The van der Waals surface area contributed by atoms with Crippen molar-refractivity contribution in [1.82, 2.24) is 10.2 Å². The lowest BCUT2D eigenvalue weighted by Gasteiger charge is -2.31. The maximum absolute atomic E-state index is 12.3. The van der Waals surface area contributed by atoms with Gasteiger partial charge < -0.3 is 19.7 Å². The van der Waals surface area contributed by atoms with Crippen LogP contribution in [0.4, 0.5) is 0 Å². The molecule has 124 valence electrons. The molecule has 1 unspecified atom stereocenters. The van der Waals surface area contributed by atoms with Crippen LogP contribution >= 0.6 is 0 Å². The first-order valence-corrected chi connectivity index (χ1v) is 8.03. The molecular formula is C17H22N2O4. The van der Waals surface area contributed by atoms with Crippen LogP contribution in [0, 0.1) is 0 Å². The number of aryl methyl sites for hydroxylation is 2. The topological polar surface area (TPSA) is 67.9 Å². The molecular weight excluding hydrogens is 296 g/mol. The Morgan fingerprint density at radius 1 is 1.35 bits per heavy atom. The van der Waals surface area contributed by atoms with E-state index in [9.17, 15) is 9.59 Å². The molecule has 1 atom stereocenters. The van der Waals surface area contributed by atoms with Crippen LogP contribution < -0.4 is 10.1 Å². The number of morpholine rings is 1. The molecule has 1 saturated heterocycles. The van der Waals surface area contributed by atoms with E-state index in [0.29, 0.717) is 13.2 Å². The molecule has 1 heterocycles. The second kappa shape index (κ2) is 7.00. The van der Waals surface area contributed by atoms with Crippen molar-refractivity contribution >= 4 is 11.8 Å². The average molecular weight is 318 g/mol. The standard InChI is InChI=1S/C17H22N2O4/c1-18-17(21)15-10-19(7-8-22-15)16(20)11-23-14-6-5-12-3-2-4-13(12)9-14/h5-6,9,15H,2-4,7-8,10-11H2,1H3,(H,18,21). The molecule has 1 aromatic carbocycles. The quantitative estimate of drug-likeness (QED) is 0.879. The Morgan fingerprint density at radius 3 is 3.00 bits per heavy atom. The zero-order valence-corrected chi connectivity index (χ0v) is 13.3. The summed E-state index contributed by atoms with van der Waals surface area (Å²) in [5, 5.41) is 2.54. The number of benzene rings is 1. The van der Waals surface area contributed by atoms with Gasteiger partial charge in [-0.05, 0) is 42.5 Å². The molecule has 6 nitrogen and oxygen atoms in total. The summed E-state index contributed by atoms with van der Waals surface area (Å²) in [4.78, 5) is 25.5. The van der Waals surface area contributed by atoms with Crippen LogP contribution in [-0.2, 0) is 27.2 Å². The van der Waals surface area contributed by atoms with Crippen molar-refractivity contribution in [2.24, 2.45) is 0 Å². The fourth-order valence-corrected chi connectivity index (χ4v) is 3.07. The molecule has 6 heteroatoms. The van der Waals surface area contributed by atoms with Crippen LogP contribution in [0.3, 0.4) is 0 Å². The van der Waals surface area contributed by atoms with Gasteiger partial charge in [0.2, 0.25) is 0 Å². The van der Waals surface area contributed by atoms with Crippen molar-refractivity contribution in [3.8, 4) is 5.75 Å². The fourth-order valence-electron chi connectivity index (χ4n) is 3.07. The highest BCUT2D eigenvalue weighted by atomic mass is 16.5. The molecule has 0 aromatic heterocycles. The Bertz CT molecular complexity index is 602. The normalized spacial score (nSPS) is 20.0. The number of carbonyl (C=O) groups excluding carboxylic acids is 2. The summed E-state index contributed by atoms with van der Waals surface area (Å²) in [6.07, 6.45) is 2.80. The molecule has 1 aliphatic carbocycles. The van der Waals surface area contributed by atoms with E-state index < -0.39 is 6.10 Å². The number of amides is 2. The van der Waals surface area contributed by atoms with Crippen molar-refractivity contribution in [3.63, 3.8) is 0 Å². The van der Waals surface area contributed by atoms with Gasteiger partial charge in [-0.2, -0.15) is 0 Å². The third-order valence-electron chi connectivity index (χ3n) is 4.39. The molecule has 0 radical (unpaired) electrons. The lowest BCUT2D eigenvalue weighted by Crippen LogP contribution is -2.52. The average Bonchev–Trinajstić information content (AvgIpc) is 3.06. The summed E-state index contributed by atoms with van der Waals surface area (Å²) in [5.74, 6) is 0.403.